The summed E-state index contributed by atoms with van der Waals surface area (Å²) < 4.78 is 0. The highest BCUT2D eigenvalue weighted by Gasteiger charge is 2.19. The van der Waals surface area contributed by atoms with E-state index in [-0.39, 0.29) is 6.04 Å². The quantitative estimate of drug-likeness (QED) is 0.805. The molecule has 2 atom stereocenters. The molecule has 0 radical (unpaired) electrons. The van der Waals surface area contributed by atoms with Gasteiger partial charge in [0.1, 0.15) is 0 Å². The molecule has 1 rings (SSSR count). The normalized spacial score (nSPS) is 14.2. The van der Waals surface area contributed by atoms with Gasteiger partial charge in [0.15, 0.2) is 0 Å². The van der Waals surface area contributed by atoms with Crippen molar-refractivity contribution >= 4 is 18.0 Å². The number of nitrogens with one attached hydrogen (secondary N) is 1. The van der Waals surface area contributed by atoms with Gasteiger partial charge in [-0.3, -0.25) is 9.78 Å². The summed E-state index contributed by atoms with van der Waals surface area (Å²) in [5.74, 6) is 0.329. The van der Waals surface area contributed by atoms with Crippen LogP contribution in [0.2, 0.25) is 5.02 Å². The molecule has 1 aromatic rings. The van der Waals surface area contributed by atoms with Gasteiger partial charge < -0.3 is 5.32 Å². The van der Waals surface area contributed by atoms with Gasteiger partial charge in [0.25, 0.3) is 0 Å². The third-order valence-electron chi connectivity index (χ3n) is 2.72. The molecule has 1 aromatic heterocycles. The fraction of sp³-hybridized carbons (Fsp3) is 0.500. The molecule has 0 fully saturated rings. The second kappa shape index (κ2) is 5.85. The molecular formula is C12H17ClN2O. The third kappa shape index (κ3) is 3.20. The number of hydrogen-bond acceptors (Lipinski definition) is 2. The Bertz CT molecular complexity index is 348. The molecule has 0 aliphatic rings. The molecule has 0 aliphatic heterocycles. The van der Waals surface area contributed by atoms with Crippen molar-refractivity contribution in [1.82, 2.24) is 10.3 Å². The summed E-state index contributed by atoms with van der Waals surface area (Å²) in [6.07, 6.45) is 1.69. The number of amides is 1. The summed E-state index contributed by atoms with van der Waals surface area (Å²) in [5.41, 5.74) is 1.69. The number of hydrogen-bond donors (Lipinski definition) is 1. The lowest BCUT2D eigenvalue weighted by Crippen LogP contribution is -2.26. The fourth-order valence-corrected chi connectivity index (χ4v) is 1.93. The maximum absolute atomic E-state index is 10.6. The zero-order valence-corrected chi connectivity index (χ0v) is 10.6. The lowest BCUT2D eigenvalue weighted by molar-refractivity contribution is -0.110. The van der Waals surface area contributed by atoms with Crippen molar-refractivity contribution in [3.05, 3.63) is 28.5 Å². The first-order valence-corrected chi connectivity index (χ1v) is 5.80. The van der Waals surface area contributed by atoms with E-state index >= 15 is 0 Å². The molecule has 16 heavy (non-hydrogen) atoms. The van der Waals surface area contributed by atoms with Gasteiger partial charge in [0, 0.05) is 10.7 Å². The minimum atomic E-state index is -0.0695. The van der Waals surface area contributed by atoms with E-state index in [1.165, 1.54) is 0 Å². The highest BCUT2D eigenvalue weighted by molar-refractivity contribution is 6.30. The maximum atomic E-state index is 10.6. The van der Waals surface area contributed by atoms with E-state index in [4.69, 9.17) is 11.6 Å². The number of nitrogens with zero attached hydrogens (tertiary/aromatic N) is 1. The fourth-order valence-electron chi connectivity index (χ4n) is 1.66. The maximum Gasteiger partial charge on any atom is 0.207 e. The Labute approximate surface area is 101 Å². The van der Waals surface area contributed by atoms with Gasteiger partial charge in [0.05, 0.1) is 11.7 Å². The number of carbonyl (C=O) groups excluding carboxylic acids is 1. The van der Waals surface area contributed by atoms with E-state index in [1.807, 2.05) is 13.0 Å². The molecule has 1 heterocycles. The van der Waals surface area contributed by atoms with Crippen molar-refractivity contribution in [2.75, 3.05) is 0 Å². The Kier molecular flexibility index (Phi) is 4.74. The van der Waals surface area contributed by atoms with Crippen molar-refractivity contribution in [2.24, 2.45) is 5.92 Å². The lowest BCUT2D eigenvalue weighted by atomic mass is 9.96. The van der Waals surface area contributed by atoms with Gasteiger partial charge in [-0.2, -0.15) is 0 Å². The Balaban J connectivity index is 3.04. The molecule has 0 spiro atoms. The molecule has 0 aliphatic carbocycles. The van der Waals surface area contributed by atoms with Crippen LogP contribution in [-0.4, -0.2) is 11.4 Å². The van der Waals surface area contributed by atoms with E-state index in [0.29, 0.717) is 10.9 Å². The Morgan fingerprint density at radius 3 is 2.75 bits per heavy atom. The second-order valence-corrected chi connectivity index (χ2v) is 4.44. The number of pyridine rings is 1. The van der Waals surface area contributed by atoms with Gasteiger partial charge in [-0.25, -0.2) is 0 Å². The minimum absolute atomic E-state index is 0.0695. The summed E-state index contributed by atoms with van der Waals surface area (Å²) in [6, 6.07) is 3.54. The smallest absolute Gasteiger partial charge is 0.207 e. The van der Waals surface area contributed by atoms with Crippen molar-refractivity contribution in [2.45, 2.75) is 33.2 Å². The molecule has 0 saturated carbocycles. The second-order valence-electron chi connectivity index (χ2n) is 4.00. The first-order valence-electron chi connectivity index (χ1n) is 5.42. The largest absolute Gasteiger partial charge is 0.350 e. The van der Waals surface area contributed by atoms with Crippen LogP contribution < -0.4 is 5.32 Å². The van der Waals surface area contributed by atoms with E-state index in [1.54, 1.807) is 6.07 Å². The number of halogens is 1. The van der Waals surface area contributed by atoms with E-state index < -0.39 is 0 Å². The Morgan fingerprint density at radius 1 is 1.56 bits per heavy atom. The zero-order valence-electron chi connectivity index (χ0n) is 9.83. The van der Waals surface area contributed by atoms with Crippen molar-refractivity contribution in [1.29, 1.82) is 0 Å². The van der Waals surface area contributed by atoms with Crippen LogP contribution in [0.25, 0.3) is 0 Å². The van der Waals surface area contributed by atoms with Gasteiger partial charge in [-0.15, -0.1) is 0 Å². The monoisotopic (exact) mass is 240 g/mol. The van der Waals surface area contributed by atoms with Gasteiger partial charge in [-0.05, 0) is 25.0 Å². The van der Waals surface area contributed by atoms with Crippen molar-refractivity contribution in [3.8, 4) is 0 Å². The highest BCUT2D eigenvalue weighted by Crippen LogP contribution is 2.25. The molecule has 1 N–H and O–H groups in total. The number of rotatable bonds is 5. The molecule has 3 nitrogen and oxygen atoms in total. The van der Waals surface area contributed by atoms with Gasteiger partial charge >= 0.3 is 0 Å². The predicted molar refractivity (Wildman–Crippen MR) is 65.4 cm³/mol. The molecular weight excluding hydrogens is 224 g/mol. The molecule has 0 aromatic carbocycles. The Hall–Kier alpha value is -1.09. The van der Waals surface area contributed by atoms with E-state index in [2.05, 4.69) is 24.1 Å². The predicted octanol–water partition coefficient (Wildman–Crippen LogP) is 2.88. The van der Waals surface area contributed by atoms with Crippen LogP contribution in [0.4, 0.5) is 0 Å². The van der Waals surface area contributed by atoms with Crippen LogP contribution in [0, 0.1) is 12.8 Å². The summed E-state index contributed by atoms with van der Waals surface area (Å²) in [4.78, 5) is 15.0. The Morgan fingerprint density at radius 2 is 2.25 bits per heavy atom. The topological polar surface area (TPSA) is 42.0 Å². The van der Waals surface area contributed by atoms with Crippen LogP contribution in [0.15, 0.2) is 12.1 Å². The SMILES string of the molecule is CC[C@H](C)[C@H](NC=O)c1cc(Cl)cc(C)n1. The average molecular weight is 241 g/mol. The summed E-state index contributed by atoms with van der Waals surface area (Å²) in [5, 5.41) is 3.46. The molecule has 4 heteroatoms. The molecule has 0 bridgehead atoms. The number of aromatic nitrogens is 1. The lowest BCUT2D eigenvalue weighted by Gasteiger charge is -2.22. The van der Waals surface area contributed by atoms with Crippen LogP contribution >= 0.6 is 11.6 Å². The first-order chi connectivity index (χ1) is 7.58. The van der Waals surface area contributed by atoms with Crippen LogP contribution in [0.3, 0.4) is 0 Å². The third-order valence-corrected chi connectivity index (χ3v) is 2.94. The molecule has 88 valence electrons. The van der Waals surface area contributed by atoms with E-state index in [9.17, 15) is 4.79 Å². The molecule has 0 saturated heterocycles. The molecule has 1 amide bonds. The van der Waals surface area contributed by atoms with Gasteiger partial charge in [0.2, 0.25) is 6.41 Å². The van der Waals surface area contributed by atoms with Crippen LogP contribution in [0.5, 0.6) is 0 Å². The van der Waals surface area contributed by atoms with Gasteiger partial charge in [-0.1, -0.05) is 31.9 Å². The summed E-state index contributed by atoms with van der Waals surface area (Å²) in [7, 11) is 0. The van der Waals surface area contributed by atoms with Crippen LogP contribution in [0.1, 0.15) is 37.7 Å². The van der Waals surface area contributed by atoms with Crippen molar-refractivity contribution in [3.63, 3.8) is 0 Å². The van der Waals surface area contributed by atoms with Crippen molar-refractivity contribution < 1.29 is 4.79 Å². The zero-order chi connectivity index (χ0) is 12.1. The number of aryl methyl sites for hydroxylation is 1. The van der Waals surface area contributed by atoms with Crippen LogP contribution in [-0.2, 0) is 4.79 Å². The van der Waals surface area contributed by atoms with E-state index in [0.717, 1.165) is 24.2 Å². The average Bonchev–Trinajstić information content (AvgIpc) is 2.23. The summed E-state index contributed by atoms with van der Waals surface area (Å²) >= 11 is 5.99. The highest BCUT2D eigenvalue weighted by atomic mass is 35.5. The number of carbonyl (C=O) groups is 1. The molecule has 0 unspecified atom stereocenters. The minimum Gasteiger partial charge on any atom is -0.350 e. The first kappa shape index (κ1) is 13.0. The summed E-state index contributed by atoms with van der Waals surface area (Å²) in [6.45, 7) is 6.06. The standard InChI is InChI=1S/C12H17ClN2O/c1-4-8(2)12(14-7-16)11-6-10(13)5-9(3)15-11/h5-8,12H,4H2,1-3H3,(H,14,16)/t8-,12-/m0/s1.